The highest BCUT2D eigenvalue weighted by molar-refractivity contribution is 6.32. The first-order valence-electron chi connectivity index (χ1n) is 5.44. The second-order valence-corrected chi connectivity index (χ2v) is 4.32. The van der Waals surface area contributed by atoms with Gasteiger partial charge in [0.1, 0.15) is 11.5 Å². The number of nitrogens with one attached hydrogen (secondary N) is 1. The van der Waals surface area contributed by atoms with E-state index >= 15 is 0 Å². The number of aromatic nitrogens is 1. The number of benzene rings is 1. The van der Waals surface area contributed by atoms with Crippen LogP contribution < -0.4 is 5.32 Å². The predicted octanol–water partition coefficient (Wildman–Crippen LogP) is 3.07. The normalized spacial score (nSPS) is 10.3. The van der Waals surface area contributed by atoms with Gasteiger partial charge in [0, 0.05) is 24.4 Å². The van der Waals surface area contributed by atoms with Gasteiger partial charge in [0.25, 0.3) is 0 Å². The molecule has 0 saturated heterocycles. The third-order valence-electron chi connectivity index (χ3n) is 2.64. The average molecular weight is 265 g/mol. The number of hydrogen-bond acceptors (Lipinski definition) is 4. The lowest BCUT2D eigenvalue weighted by molar-refractivity contribution is 0.446. The van der Waals surface area contributed by atoms with E-state index in [1.807, 2.05) is 13.0 Å². The zero-order chi connectivity index (χ0) is 13.1. The maximum atomic E-state index is 9.66. The number of pyridine rings is 1. The fraction of sp³-hybridized carbons (Fsp3) is 0.154. The van der Waals surface area contributed by atoms with Crippen LogP contribution in [0.1, 0.15) is 11.1 Å². The third-order valence-corrected chi connectivity index (χ3v) is 2.92. The first-order chi connectivity index (χ1) is 8.58. The Morgan fingerprint density at radius 3 is 2.72 bits per heavy atom. The van der Waals surface area contributed by atoms with E-state index in [2.05, 4.69) is 10.3 Å². The van der Waals surface area contributed by atoms with Crippen LogP contribution in [0.25, 0.3) is 0 Å². The summed E-state index contributed by atoms with van der Waals surface area (Å²) in [6, 6.07) is 6.32. The van der Waals surface area contributed by atoms with Gasteiger partial charge in [-0.1, -0.05) is 11.6 Å². The van der Waals surface area contributed by atoms with E-state index in [-0.39, 0.29) is 11.5 Å². The minimum atomic E-state index is 0.0341. The zero-order valence-electron chi connectivity index (χ0n) is 9.81. The van der Waals surface area contributed by atoms with Crippen LogP contribution in [-0.2, 0) is 6.54 Å². The van der Waals surface area contributed by atoms with E-state index in [0.717, 1.165) is 11.3 Å². The van der Waals surface area contributed by atoms with Gasteiger partial charge in [-0.2, -0.15) is 0 Å². The summed E-state index contributed by atoms with van der Waals surface area (Å²) >= 11 is 5.98. The summed E-state index contributed by atoms with van der Waals surface area (Å²) in [5, 5.41) is 22.4. The maximum Gasteiger partial charge on any atom is 0.152 e. The van der Waals surface area contributed by atoms with Gasteiger partial charge in [0.2, 0.25) is 0 Å². The Morgan fingerprint density at radius 2 is 2.06 bits per heavy atom. The van der Waals surface area contributed by atoms with Crippen LogP contribution in [0.2, 0.25) is 5.15 Å². The van der Waals surface area contributed by atoms with Crippen LogP contribution in [0, 0.1) is 6.92 Å². The molecule has 0 atom stereocenters. The smallest absolute Gasteiger partial charge is 0.152 e. The van der Waals surface area contributed by atoms with Crippen LogP contribution in [-0.4, -0.2) is 15.2 Å². The van der Waals surface area contributed by atoms with Crippen molar-refractivity contribution in [3.63, 3.8) is 0 Å². The second-order valence-electron chi connectivity index (χ2n) is 3.96. The molecule has 94 valence electrons. The molecule has 2 rings (SSSR count). The van der Waals surface area contributed by atoms with E-state index < -0.39 is 0 Å². The summed E-state index contributed by atoms with van der Waals surface area (Å²) in [4.78, 5) is 3.99. The number of rotatable bonds is 3. The van der Waals surface area contributed by atoms with Crippen LogP contribution in [0.4, 0.5) is 5.69 Å². The summed E-state index contributed by atoms with van der Waals surface area (Å²) < 4.78 is 0. The van der Waals surface area contributed by atoms with Crippen molar-refractivity contribution in [2.75, 3.05) is 5.32 Å². The molecule has 0 radical (unpaired) electrons. The van der Waals surface area contributed by atoms with Crippen molar-refractivity contribution in [3.8, 4) is 11.5 Å². The fourth-order valence-electron chi connectivity index (χ4n) is 1.62. The van der Waals surface area contributed by atoms with Gasteiger partial charge in [-0.15, -0.1) is 0 Å². The van der Waals surface area contributed by atoms with Gasteiger partial charge in [0.15, 0.2) is 5.15 Å². The molecule has 2 aromatic rings. The van der Waals surface area contributed by atoms with Gasteiger partial charge in [-0.25, -0.2) is 4.98 Å². The number of hydrogen-bond donors (Lipinski definition) is 3. The lowest BCUT2D eigenvalue weighted by Crippen LogP contribution is -2.02. The molecule has 4 nitrogen and oxygen atoms in total. The quantitative estimate of drug-likeness (QED) is 0.746. The molecule has 0 amide bonds. The molecular formula is C13H13ClN2O2. The Kier molecular flexibility index (Phi) is 3.58. The van der Waals surface area contributed by atoms with E-state index in [1.165, 1.54) is 12.1 Å². The third kappa shape index (κ3) is 2.65. The van der Waals surface area contributed by atoms with Crippen molar-refractivity contribution in [1.29, 1.82) is 0 Å². The highest BCUT2D eigenvalue weighted by Crippen LogP contribution is 2.26. The molecule has 0 saturated carbocycles. The van der Waals surface area contributed by atoms with E-state index in [9.17, 15) is 10.2 Å². The number of aryl methyl sites for hydroxylation is 1. The Labute approximate surface area is 110 Å². The predicted molar refractivity (Wildman–Crippen MR) is 71.1 cm³/mol. The van der Waals surface area contributed by atoms with Gasteiger partial charge in [-0.05, 0) is 30.7 Å². The number of halogens is 1. The first-order valence-corrected chi connectivity index (χ1v) is 5.81. The lowest BCUT2D eigenvalue weighted by atomic mass is 10.2. The van der Waals surface area contributed by atoms with Crippen molar-refractivity contribution in [2.24, 2.45) is 0 Å². The van der Waals surface area contributed by atoms with Crippen LogP contribution in [0.5, 0.6) is 11.5 Å². The summed E-state index contributed by atoms with van der Waals surface area (Å²) in [6.07, 6.45) is 1.64. The largest absolute Gasteiger partial charge is 0.508 e. The lowest BCUT2D eigenvalue weighted by Gasteiger charge is -2.11. The Morgan fingerprint density at radius 1 is 1.28 bits per heavy atom. The second kappa shape index (κ2) is 5.14. The number of phenolic OH excluding ortho intramolecular Hbond substituents is 2. The molecule has 0 fully saturated rings. The Bertz CT molecular complexity index is 553. The monoisotopic (exact) mass is 264 g/mol. The summed E-state index contributed by atoms with van der Waals surface area (Å²) in [6.45, 7) is 2.32. The Hall–Kier alpha value is -1.94. The van der Waals surface area contributed by atoms with Gasteiger partial charge in [-0.3, -0.25) is 0 Å². The summed E-state index contributed by atoms with van der Waals surface area (Å²) in [7, 11) is 0. The molecule has 1 heterocycles. The van der Waals surface area contributed by atoms with Crippen molar-refractivity contribution in [2.45, 2.75) is 13.5 Å². The molecular weight excluding hydrogens is 252 g/mol. The van der Waals surface area contributed by atoms with Gasteiger partial charge >= 0.3 is 0 Å². The van der Waals surface area contributed by atoms with Crippen molar-refractivity contribution < 1.29 is 10.2 Å². The molecule has 5 heteroatoms. The van der Waals surface area contributed by atoms with Crippen molar-refractivity contribution in [1.82, 2.24) is 4.98 Å². The highest BCUT2D eigenvalue weighted by atomic mass is 35.5. The standard InChI is InChI=1S/C13H13ClN2O2/c1-8-4-5-15-13(14)12(8)16-7-9-2-3-10(17)6-11(9)18/h2-6,16-18H,7H2,1H3. The highest BCUT2D eigenvalue weighted by Gasteiger charge is 2.06. The first kappa shape index (κ1) is 12.5. The average Bonchev–Trinajstić information content (AvgIpc) is 2.31. The zero-order valence-corrected chi connectivity index (χ0v) is 10.6. The summed E-state index contributed by atoms with van der Waals surface area (Å²) in [5.74, 6) is 0.0759. The molecule has 0 aliphatic carbocycles. The van der Waals surface area contributed by atoms with E-state index in [4.69, 9.17) is 11.6 Å². The van der Waals surface area contributed by atoms with Crippen molar-refractivity contribution in [3.05, 3.63) is 46.7 Å². The topological polar surface area (TPSA) is 65.4 Å². The fourth-order valence-corrected chi connectivity index (χ4v) is 1.89. The Balaban J connectivity index is 2.16. The molecule has 3 N–H and O–H groups in total. The molecule has 0 spiro atoms. The minimum absolute atomic E-state index is 0.0341. The molecule has 0 bridgehead atoms. The number of phenols is 2. The molecule has 1 aromatic heterocycles. The van der Waals surface area contributed by atoms with E-state index in [1.54, 1.807) is 12.3 Å². The summed E-state index contributed by atoms with van der Waals surface area (Å²) in [5.41, 5.74) is 2.40. The molecule has 0 aliphatic rings. The van der Waals surface area contributed by atoms with Crippen molar-refractivity contribution >= 4 is 17.3 Å². The molecule has 0 aliphatic heterocycles. The molecule has 1 aromatic carbocycles. The van der Waals surface area contributed by atoms with Gasteiger partial charge in [0.05, 0.1) is 5.69 Å². The number of nitrogens with zero attached hydrogens (tertiary/aromatic N) is 1. The SMILES string of the molecule is Cc1ccnc(Cl)c1NCc1ccc(O)cc1O. The number of aromatic hydroxyl groups is 2. The molecule has 18 heavy (non-hydrogen) atoms. The number of anilines is 1. The van der Waals surface area contributed by atoms with Crippen LogP contribution >= 0.6 is 11.6 Å². The maximum absolute atomic E-state index is 9.66. The van der Waals surface area contributed by atoms with E-state index in [0.29, 0.717) is 17.3 Å². The minimum Gasteiger partial charge on any atom is -0.508 e. The van der Waals surface area contributed by atoms with Crippen LogP contribution in [0.3, 0.4) is 0 Å². The molecule has 0 unspecified atom stereocenters. The van der Waals surface area contributed by atoms with Crippen LogP contribution in [0.15, 0.2) is 30.5 Å². The van der Waals surface area contributed by atoms with Gasteiger partial charge < -0.3 is 15.5 Å².